The number of rotatable bonds is 6. The van der Waals surface area contributed by atoms with E-state index < -0.39 is 0 Å². The molecule has 0 aliphatic carbocycles. The zero-order valence-corrected chi connectivity index (χ0v) is 10.9. The number of ether oxygens (including phenoxy) is 1. The zero-order chi connectivity index (χ0) is 11.6. The van der Waals surface area contributed by atoms with Gasteiger partial charge in [-0.3, -0.25) is 0 Å². The molecule has 1 heterocycles. The quantitative estimate of drug-likeness (QED) is 0.462. The van der Waals surface area contributed by atoms with Crippen molar-refractivity contribution < 1.29 is 4.74 Å². The first kappa shape index (κ1) is 13.8. The van der Waals surface area contributed by atoms with Gasteiger partial charge in [0, 0.05) is 0 Å². The van der Waals surface area contributed by atoms with Crippen molar-refractivity contribution >= 4 is 0 Å². The van der Waals surface area contributed by atoms with Crippen LogP contribution in [-0.2, 0) is 4.74 Å². The van der Waals surface area contributed by atoms with E-state index in [-0.39, 0.29) is 0 Å². The second-order valence-electron chi connectivity index (χ2n) is 5.04. The maximum Gasteiger partial charge on any atom is 0.0613 e. The van der Waals surface area contributed by atoms with Crippen LogP contribution in [0.2, 0.25) is 0 Å². The first-order valence-corrected chi connectivity index (χ1v) is 7.13. The van der Waals surface area contributed by atoms with E-state index in [1.165, 1.54) is 57.8 Å². The molecule has 0 amide bonds. The second-order valence-corrected chi connectivity index (χ2v) is 5.04. The first-order valence-electron chi connectivity index (χ1n) is 7.13. The van der Waals surface area contributed by atoms with E-state index in [4.69, 9.17) is 4.74 Å². The summed E-state index contributed by atoms with van der Waals surface area (Å²) in [5, 5.41) is 0. The van der Waals surface area contributed by atoms with Gasteiger partial charge in [-0.15, -0.1) is 6.58 Å². The van der Waals surface area contributed by atoms with Crippen molar-refractivity contribution in [3.8, 4) is 0 Å². The third kappa shape index (κ3) is 5.69. The minimum absolute atomic E-state index is 0.449. The van der Waals surface area contributed by atoms with Crippen LogP contribution >= 0.6 is 0 Å². The first-order chi connectivity index (χ1) is 7.86. The van der Waals surface area contributed by atoms with Gasteiger partial charge in [0.05, 0.1) is 12.2 Å². The van der Waals surface area contributed by atoms with Gasteiger partial charge in [-0.2, -0.15) is 0 Å². The smallest absolute Gasteiger partial charge is 0.0613 e. The van der Waals surface area contributed by atoms with Crippen LogP contribution in [0.3, 0.4) is 0 Å². The average Bonchev–Trinajstić information content (AvgIpc) is 2.24. The highest BCUT2D eigenvalue weighted by Gasteiger charge is 2.17. The molecule has 0 saturated carbocycles. The fourth-order valence-corrected chi connectivity index (χ4v) is 2.52. The molecule has 1 aliphatic rings. The molecule has 0 unspecified atom stereocenters. The van der Waals surface area contributed by atoms with Crippen LogP contribution in [-0.4, -0.2) is 12.2 Å². The Morgan fingerprint density at radius 3 is 2.56 bits per heavy atom. The molecule has 0 spiro atoms. The van der Waals surface area contributed by atoms with E-state index in [1.54, 1.807) is 0 Å². The molecule has 2 atom stereocenters. The predicted molar refractivity (Wildman–Crippen MR) is 70.7 cm³/mol. The van der Waals surface area contributed by atoms with E-state index in [2.05, 4.69) is 13.5 Å². The Hall–Kier alpha value is -0.300. The summed E-state index contributed by atoms with van der Waals surface area (Å²) in [6.45, 7) is 6.09. The highest BCUT2D eigenvalue weighted by Crippen LogP contribution is 2.23. The van der Waals surface area contributed by atoms with Gasteiger partial charge in [-0.1, -0.05) is 51.5 Å². The van der Waals surface area contributed by atoms with Gasteiger partial charge < -0.3 is 4.74 Å². The normalized spacial score (nSPS) is 27.1. The minimum atomic E-state index is 0.449. The molecular weight excluding hydrogens is 196 g/mol. The van der Waals surface area contributed by atoms with Gasteiger partial charge >= 0.3 is 0 Å². The zero-order valence-electron chi connectivity index (χ0n) is 10.9. The summed E-state index contributed by atoms with van der Waals surface area (Å²) in [7, 11) is 0. The third-order valence-electron chi connectivity index (χ3n) is 3.50. The van der Waals surface area contributed by atoms with E-state index in [0.717, 1.165) is 6.42 Å². The maximum absolute atomic E-state index is 6.21. The summed E-state index contributed by atoms with van der Waals surface area (Å²) in [5.41, 5.74) is 0. The Balaban J connectivity index is 2.30. The maximum atomic E-state index is 6.21. The number of unbranched alkanes of at least 4 members (excludes halogenated alkanes) is 2. The molecule has 0 aromatic heterocycles. The van der Waals surface area contributed by atoms with Crippen molar-refractivity contribution in [2.45, 2.75) is 83.3 Å². The standard InChI is InChI=1S/C15H28O/c1-3-5-7-11-15-13-9-6-8-12-14(16-15)10-4-2/h4,14-15H,2-3,5-13H2,1H3/t14-,15+/m1/s1. The van der Waals surface area contributed by atoms with E-state index in [0.29, 0.717) is 12.2 Å². The molecule has 1 saturated heterocycles. The Bertz CT molecular complexity index is 176. The van der Waals surface area contributed by atoms with Gasteiger partial charge in [0.25, 0.3) is 0 Å². The van der Waals surface area contributed by atoms with E-state index >= 15 is 0 Å². The largest absolute Gasteiger partial charge is 0.375 e. The van der Waals surface area contributed by atoms with Crippen LogP contribution in [0.25, 0.3) is 0 Å². The molecule has 16 heavy (non-hydrogen) atoms. The van der Waals surface area contributed by atoms with Crippen LogP contribution in [0, 0.1) is 0 Å². The van der Waals surface area contributed by atoms with Crippen molar-refractivity contribution in [2.24, 2.45) is 0 Å². The van der Waals surface area contributed by atoms with Crippen LogP contribution in [0.1, 0.15) is 71.1 Å². The molecule has 0 aromatic rings. The summed E-state index contributed by atoms with van der Waals surface area (Å²) in [6, 6.07) is 0. The molecule has 0 aromatic carbocycles. The molecule has 94 valence electrons. The lowest BCUT2D eigenvalue weighted by molar-refractivity contribution is -0.0323. The van der Waals surface area contributed by atoms with Crippen molar-refractivity contribution in [1.29, 1.82) is 0 Å². The minimum Gasteiger partial charge on any atom is -0.375 e. The monoisotopic (exact) mass is 224 g/mol. The van der Waals surface area contributed by atoms with E-state index in [1.807, 2.05) is 6.08 Å². The van der Waals surface area contributed by atoms with Crippen LogP contribution in [0.15, 0.2) is 12.7 Å². The molecule has 1 nitrogen and oxygen atoms in total. The van der Waals surface area contributed by atoms with Gasteiger partial charge in [-0.05, 0) is 25.7 Å². The molecule has 1 rings (SSSR count). The lowest BCUT2D eigenvalue weighted by Gasteiger charge is -2.27. The second kappa shape index (κ2) is 8.81. The summed E-state index contributed by atoms with van der Waals surface area (Å²) >= 11 is 0. The Kier molecular flexibility index (Phi) is 7.58. The Labute approximate surface area is 101 Å². The summed E-state index contributed by atoms with van der Waals surface area (Å²) in [6.07, 6.45) is 15.9. The van der Waals surface area contributed by atoms with Crippen LogP contribution in [0.4, 0.5) is 0 Å². The van der Waals surface area contributed by atoms with Crippen LogP contribution < -0.4 is 0 Å². The summed E-state index contributed by atoms with van der Waals surface area (Å²) in [4.78, 5) is 0. The fraction of sp³-hybridized carbons (Fsp3) is 0.867. The SMILES string of the molecule is C=CC[C@@H]1CCCCC[C@H](CCCCC)O1. The van der Waals surface area contributed by atoms with Crippen LogP contribution in [0.5, 0.6) is 0 Å². The third-order valence-corrected chi connectivity index (χ3v) is 3.50. The summed E-state index contributed by atoms with van der Waals surface area (Å²) in [5.74, 6) is 0. The highest BCUT2D eigenvalue weighted by molar-refractivity contribution is 4.76. The van der Waals surface area contributed by atoms with Gasteiger partial charge in [0.15, 0.2) is 0 Å². The Morgan fingerprint density at radius 1 is 1.12 bits per heavy atom. The van der Waals surface area contributed by atoms with Gasteiger partial charge in [0.1, 0.15) is 0 Å². The molecule has 1 fully saturated rings. The summed E-state index contributed by atoms with van der Waals surface area (Å²) < 4.78 is 6.21. The molecule has 0 radical (unpaired) electrons. The van der Waals surface area contributed by atoms with Crippen molar-refractivity contribution in [3.05, 3.63) is 12.7 Å². The van der Waals surface area contributed by atoms with Crippen molar-refractivity contribution in [3.63, 3.8) is 0 Å². The van der Waals surface area contributed by atoms with Crippen molar-refractivity contribution in [1.82, 2.24) is 0 Å². The van der Waals surface area contributed by atoms with Gasteiger partial charge in [-0.25, -0.2) is 0 Å². The molecule has 0 bridgehead atoms. The molecular formula is C15H28O. The number of hydrogen-bond donors (Lipinski definition) is 0. The Morgan fingerprint density at radius 2 is 1.88 bits per heavy atom. The van der Waals surface area contributed by atoms with E-state index in [9.17, 15) is 0 Å². The highest BCUT2D eigenvalue weighted by atomic mass is 16.5. The van der Waals surface area contributed by atoms with Crippen molar-refractivity contribution in [2.75, 3.05) is 0 Å². The lowest BCUT2D eigenvalue weighted by Crippen LogP contribution is -2.24. The molecule has 0 N–H and O–H groups in total. The fourth-order valence-electron chi connectivity index (χ4n) is 2.52. The molecule has 1 heteroatoms. The molecule has 1 aliphatic heterocycles. The van der Waals surface area contributed by atoms with Gasteiger partial charge in [0.2, 0.25) is 0 Å². The topological polar surface area (TPSA) is 9.23 Å². The average molecular weight is 224 g/mol. The lowest BCUT2D eigenvalue weighted by atomic mass is 9.99. The predicted octanol–water partition coefficient (Wildman–Crippen LogP) is 4.86. The number of hydrogen-bond acceptors (Lipinski definition) is 1.